The van der Waals surface area contributed by atoms with Crippen LogP contribution in [0.2, 0.25) is 0 Å². The Hall–Kier alpha value is -0.900. The molecule has 76 valence electrons. The number of nitrogens with one attached hydrogen (secondary N) is 1. The SMILES string of the molecule is CC(=NCCC[NH+](C)C)/C(C)=N\O. The first-order valence-electron chi connectivity index (χ1n) is 4.57. The molecule has 4 nitrogen and oxygen atoms in total. The second-order valence-corrected chi connectivity index (χ2v) is 3.46. The van der Waals surface area contributed by atoms with Crippen LogP contribution < -0.4 is 4.90 Å². The smallest absolute Gasteiger partial charge is 0.0971 e. The maximum absolute atomic E-state index is 8.45. The zero-order valence-corrected chi connectivity index (χ0v) is 8.96. The van der Waals surface area contributed by atoms with E-state index in [-0.39, 0.29) is 0 Å². The van der Waals surface area contributed by atoms with Gasteiger partial charge in [0, 0.05) is 13.0 Å². The number of nitrogens with zero attached hydrogens (tertiary/aromatic N) is 2. The lowest BCUT2D eigenvalue weighted by molar-refractivity contribution is -0.858. The third-order valence-electron chi connectivity index (χ3n) is 1.86. The van der Waals surface area contributed by atoms with Crippen LogP contribution >= 0.6 is 0 Å². The molecule has 2 N–H and O–H groups in total. The minimum atomic E-state index is 0.595. The van der Waals surface area contributed by atoms with Gasteiger partial charge in [-0.2, -0.15) is 0 Å². The minimum absolute atomic E-state index is 0.595. The van der Waals surface area contributed by atoms with Crippen LogP contribution in [0.4, 0.5) is 0 Å². The molecule has 0 radical (unpaired) electrons. The van der Waals surface area contributed by atoms with Gasteiger partial charge in [0.1, 0.15) is 0 Å². The van der Waals surface area contributed by atoms with Crippen molar-refractivity contribution >= 4 is 11.4 Å². The normalized spacial score (nSPS) is 13.9. The molecule has 0 atom stereocenters. The van der Waals surface area contributed by atoms with Gasteiger partial charge in [-0.3, -0.25) is 4.99 Å². The molecule has 0 aromatic heterocycles. The Kier molecular flexibility index (Phi) is 6.14. The molecule has 0 fully saturated rings. The Balaban J connectivity index is 3.72. The quantitative estimate of drug-likeness (QED) is 0.266. The van der Waals surface area contributed by atoms with Crippen LogP contribution in [0.3, 0.4) is 0 Å². The van der Waals surface area contributed by atoms with Crippen LogP contribution in [0.5, 0.6) is 0 Å². The molecule has 0 aliphatic rings. The van der Waals surface area contributed by atoms with Gasteiger partial charge in [0.15, 0.2) is 0 Å². The molecular weight excluding hydrogens is 166 g/mol. The summed E-state index contributed by atoms with van der Waals surface area (Å²) in [6.07, 6.45) is 1.07. The predicted octanol–water partition coefficient (Wildman–Crippen LogP) is -0.168. The van der Waals surface area contributed by atoms with Gasteiger partial charge in [0.25, 0.3) is 0 Å². The van der Waals surface area contributed by atoms with E-state index in [1.807, 2.05) is 6.92 Å². The first-order valence-corrected chi connectivity index (χ1v) is 4.57. The topological polar surface area (TPSA) is 49.4 Å². The molecule has 0 bridgehead atoms. The van der Waals surface area contributed by atoms with Crippen molar-refractivity contribution in [1.82, 2.24) is 0 Å². The summed E-state index contributed by atoms with van der Waals surface area (Å²) in [5.74, 6) is 0. The summed E-state index contributed by atoms with van der Waals surface area (Å²) in [5, 5.41) is 11.5. The van der Waals surface area contributed by atoms with Gasteiger partial charge >= 0.3 is 0 Å². The van der Waals surface area contributed by atoms with Crippen LogP contribution in [0.1, 0.15) is 20.3 Å². The van der Waals surface area contributed by atoms with Crippen LogP contribution in [-0.4, -0.2) is 43.8 Å². The molecule has 0 saturated heterocycles. The summed E-state index contributed by atoms with van der Waals surface area (Å²) in [6.45, 7) is 5.53. The van der Waals surface area contributed by atoms with E-state index in [1.165, 1.54) is 4.90 Å². The van der Waals surface area contributed by atoms with Gasteiger partial charge in [-0.1, -0.05) is 5.16 Å². The van der Waals surface area contributed by atoms with Crippen molar-refractivity contribution in [3.8, 4) is 0 Å². The van der Waals surface area contributed by atoms with Crippen LogP contribution in [0.25, 0.3) is 0 Å². The lowest BCUT2D eigenvalue weighted by Crippen LogP contribution is -3.05. The van der Waals surface area contributed by atoms with E-state index in [0.717, 1.165) is 25.2 Å². The molecule has 0 heterocycles. The monoisotopic (exact) mass is 186 g/mol. The number of oxime groups is 1. The Morgan fingerprint density at radius 3 is 2.31 bits per heavy atom. The van der Waals surface area contributed by atoms with E-state index in [2.05, 4.69) is 24.2 Å². The van der Waals surface area contributed by atoms with Gasteiger partial charge < -0.3 is 10.1 Å². The predicted molar refractivity (Wildman–Crippen MR) is 55.2 cm³/mol. The Morgan fingerprint density at radius 2 is 1.85 bits per heavy atom. The Bertz CT molecular complexity index is 197. The Labute approximate surface area is 80.0 Å². The van der Waals surface area contributed by atoms with Crippen molar-refractivity contribution in [2.24, 2.45) is 10.1 Å². The summed E-state index contributed by atoms with van der Waals surface area (Å²) in [4.78, 5) is 5.71. The van der Waals surface area contributed by atoms with Crippen LogP contribution in [0.15, 0.2) is 10.1 Å². The molecule has 4 heteroatoms. The van der Waals surface area contributed by atoms with Crippen molar-refractivity contribution in [2.75, 3.05) is 27.2 Å². The van der Waals surface area contributed by atoms with Crippen LogP contribution in [-0.2, 0) is 0 Å². The van der Waals surface area contributed by atoms with Crippen molar-refractivity contribution in [2.45, 2.75) is 20.3 Å². The highest BCUT2D eigenvalue weighted by molar-refractivity contribution is 6.40. The highest BCUT2D eigenvalue weighted by atomic mass is 16.4. The van der Waals surface area contributed by atoms with E-state index in [1.54, 1.807) is 6.92 Å². The first-order chi connectivity index (χ1) is 6.07. The molecule has 0 aromatic rings. The number of quaternary nitrogens is 1. The summed E-state index contributed by atoms with van der Waals surface area (Å²) in [5.41, 5.74) is 1.41. The second-order valence-electron chi connectivity index (χ2n) is 3.46. The number of aliphatic imine (C=N–C) groups is 1. The molecule has 13 heavy (non-hydrogen) atoms. The maximum atomic E-state index is 8.45. The van der Waals surface area contributed by atoms with Gasteiger partial charge in [-0.05, 0) is 13.8 Å². The third-order valence-corrected chi connectivity index (χ3v) is 1.86. The third kappa shape index (κ3) is 6.28. The van der Waals surface area contributed by atoms with Gasteiger partial charge in [0.2, 0.25) is 0 Å². The molecule has 0 amide bonds. The summed E-state index contributed by atoms with van der Waals surface area (Å²) in [7, 11) is 4.24. The van der Waals surface area contributed by atoms with E-state index < -0.39 is 0 Å². The molecule has 0 aliphatic carbocycles. The van der Waals surface area contributed by atoms with Crippen LogP contribution in [0, 0.1) is 0 Å². The molecule has 0 rings (SSSR count). The highest BCUT2D eigenvalue weighted by Crippen LogP contribution is 1.85. The van der Waals surface area contributed by atoms with E-state index in [0.29, 0.717) is 5.71 Å². The van der Waals surface area contributed by atoms with Gasteiger partial charge in [0.05, 0.1) is 32.1 Å². The van der Waals surface area contributed by atoms with Crippen molar-refractivity contribution in [1.29, 1.82) is 0 Å². The summed E-state index contributed by atoms with van der Waals surface area (Å²) in [6, 6.07) is 0. The van der Waals surface area contributed by atoms with Crippen molar-refractivity contribution < 1.29 is 10.1 Å². The molecular formula is C9H20N3O+. The lowest BCUT2D eigenvalue weighted by atomic mass is 10.3. The average Bonchev–Trinajstić information content (AvgIpc) is 2.10. The molecule has 0 aromatic carbocycles. The highest BCUT2D eigenvalue weighted by Gasteiger charge is 1.96. The molecule has 0 saturated carbocycles. The molecule has 0 aliphatic heterocycles. The number of hydrogen-bond acceptors (Lipinski definition) is 3. The van der Waals surface area contributed by atoms with Crippen molar-refractivity contribution in [3.63, 3.8) is 0 Å². The lowest BCUT2D eigenvalue weighted by Gasteiger charge is -2.04. The van der Waals surface area contributed by atoms with Gasteiger partial charge in [-0.25, -0.2) is 0 Å². The van der Waals surface area contributed by atoms with Gasteiger partial charge in [-0.15, -0.1) is 0 Å². The fraction of sp³-hybridized carbons (Fsp3) is 0.778. The van der Waals surface area contributed by atoms with Crippen molar-refractivity contribution in [3.05, 3.63) is 0 Å². The minimum Gasteiger partial charge on any atom is -0.411 e. The summed E-state index contributed by atoms with van der Waals surface area (Å²) < 4.78 is 0. The number of hydrogen-bond donors (Lipinski definition) is 2. The molecule has 0 spiro atoms. The average molecular weight is 186 g/mol. The standard InChI is InChI=1S/C9H19N3O/c1-8(9(2)11-13)10-6-5-7-12(3)4/h13H,5-7H2,1-4H3/p+1/b10-8?,11-9-. The second kappa shape index (κ2) is 6.60. The maximum Gasteiger partial charge on any atom is 0.0971 e. The fourth-order valence-electron chi connectivity index (χ4n) is 0.866. The van der Waals surface area contributed by atoms with E-state index in [9.17, 15) is 0 Å². The zero-order chi connectivity index (χ0) is 10.3. The number of rotatable bonds is 5. The van der Waals surface area contributed by atoms with E-state index in [4.69, 9.17) is 5.21 Å². The zero-order valence-electron chi connectivity index (χ0n) is 8.96. The summed E-state index contributed by atoms with van der Waals surface area (Å²) >= 11 is 0. The first kappa shape index (κ1) is 12.1. The molecule has 0 unspecified atom stereocenters. The Morgan fingerprint density at radius 1 is 1.23 bits per heavy atom. The largest absolute Gasteiger partial charge is 0.411 e. The fourth-order valence-corrected chi connectivity index (χ4v) is 0.866. The van der Waals surface area contributed by atoms with E-state index >= 15 is 0 Å².